The predicted octanol–water partition coefficient (Wildman–Crippen LogP) is 1.24. The van der Waals surface area contributed by atoms with Gasteiger partial charge in [0.05, 0.1) is 6.61 Å². The number of anilines is 1. The molecule has 0 amide bonds. The molecule has 1 atom stereocenters. The fraction of sp³-hybridized carbons (Fsp3) is 0.643. The van der Waals surface area contributed by atoms with E-state index in [1.54, 1.807) is 0 Å². The number of rotatable bonds is 3. The van der Waals surface area contributed by atoms with E-state index in [2.05, 4.69) is 26.9 Å². The molecule has 2 aliphatic heterocycles. The van der Waals surface area contributed by atoms with E-state index in [0.717, 1.165) is 32.2 Å². The summed E-state index contributed by atoms with van der Waals surface area (Å²) in [6.45, 7) is 7.71. The van der Waals surface area contributed by atoms with Gasteiger partial charge in [0.15, 0.2) is 0 Å². The molecule has 1 unspecified atom stereocenters. The molecular weight excluding hydrogens is 226 g/mol. The van der Waals surface area contributed by atoms with Gasteiger partial charge in [-0.1, -0.05) is 0 Å². The van der Waals surface area contributed by atoms with Crippen LogP contribution in [0.2, 0.25) is 0 Å². The first kappa shape index (κ1) is 11.9. The second-order valence-corrected chi connectivity index (χ2v) is 5.22. The molecule has 0 aliphatic carbocycles. The third-order valence-corrected chi connectivity index (χ3v) is 3.94. The summed E-state index contributed by atoms with van der Waals surface area (Å²) in [6.07, 6.45) is 4.99. The summed E-state index contributed by atoms with van der Waals surface area (Å²) in [4.78, 5) is 9.10. The molecule has 4 heteroatoms. The van der Waals surface area contributed by atoms with Crippen LogP contribution in [0.3, 0.4) is 0 Å². The van der Waals surface area contributed by atoms with Crippen LogP contribution in [0.1, 0.15) is 6.42 Å². The quantitative estimate of drug-likeness (QED) is 0.803. The summed E-state index contributed by atoms with van der Waals surface area (Å²) in [6, 6.07) is 4.20. The fourth-order valence-electron chi connectivity index (χ4n) is 2.84. The first-order chi connectivity index (χ1) is 8.92. The number of aromatic nitrogens is 1. The molecule has 0 spiro atoms. The van der Waals surface area contributed by atoms with Crippen molar-refractivity contribution in [3.63, 3.8) is 0 Å². The lowest BCUT2D eigenvalue weighted by Gasteiger charge is -2.36. The lowest BCUT2D eigenvalue weighted by Crippen LogP contribution is -2.47. The molecule has 3 heterocycles. The maximum absolute atomic E-state index is 5.45. The minimum atomic E-state index is 0.762. The highest BCUT2D eigenvalue weighted by Crippen LogP contribution is 2.18. The van der Waals surface area contributed by atoms with Crippen molar-refractivity contribution >= 4 is 5.69 Å². The smallest absolute Gasteiger partial charge is 0.0507 e. The van der Waals surface area contributed by atoms with E-state index < -0.39 is 0 Å². The second-order valence-electron chi connectivity index (χ2n) is 5.22. The molecule has 0 radical (unpaired) electrons. The highest BCUT2D eigenvalue weighted by Gasteiger charge is 2.22. The highest BCUT2D eigenvalue weighted by molar-refractivity contribution is 5.44. The third-order valence-electron chi connectivity index (χ3n) is 3.94. The van der Waals surface area contributed by atoms with Crippen molar-refractivity contribution in [1.29, 1.82) is 0 Å². The Morgan fingerprint density at radius 2 is 1.94 bits per heavy atom. The predicted molar refractivity (Wildman–Crippen MR) is 71.8 cm³/mol. The van der Waals surface area contributed by atoms with Gasteiger partial charge in [0.1, 0.15) is 0 Å². The monoisotopic (exact) mass is 247 g/mol. The molecule has 2 saturated heterocycles. The van der Waals surface area contributed by atoms with Gasteiger partial charge in [0, 0.05) is 57.4 Å². The van der Waals surface area contributed by atoms with Crippen LogP contribution in [-0.4, -0.2) is 55.8 Å². The van der Waals surface area contributed by atoms with Crippen LogP contribution in [-0.2, 0) is 4.74 Å². The minimum Gasteiger partial charge on any atom is -0.381 e. The number of ether oxygens (including phenoxy) is 1. The van der Waals surface area contributed by atoms with Gasteiger partial charge in [-0.2, -0.15) is 0 Å². The topological polar surface area (TPSA) is 28.6 Å². The van der Waals surface area contributed by atoms with E-state index in [4.69, 9.17) is 4.74 Å². The molecule has 0 saturated carbocycles. The Kier molecular flexibility index (Phi) is 3.76. The largest absolute Gasteiger partial charge is 0.381 e. The van der Waals surface area contributed by atoms with E-state index in [0.29, 0.717) is 0 Å². The zero-order valence-electron chi connectivity index (χ0n) is 10.8. The summed E-state index contributed by atoms with van der Waals surface area (Å²) in [5, 5.41) is 0. The zero-order valence-corrected chi connectivity index (χ0v) is 10.8. The fourth-order valence-corrected chi connectivity index (χ4v) is 2.84. The Balaban J connectivity index is 1.49. The van der Waals surface area contributed by atoms with Gasteiger partial charge in [0.25, 0.3) is 0 Å². The number of piperazine rings is 1. The molecule has 98 valence electrons. The molecule has 1 aromatic rings. The van der Waals surface area contributed by atoms with Gasteiger partial charge < -0.3 is 9.64 Å². The Morgan fingerprint density at radius 3 is 2.61 bits per heavy atom. The Morgan fingerprint density at radius 1 is 1.17 bits per heavy atom. The maximum atomic E-state index is 5.45. The first-order valence-corrected chi connectivity index (χ1v) is 6.87. The lowest BCUT2D eigenvalue weighted by molar-refractivity contribution is 0.164. The Hall–Kier alpha value is -1.13. The minimum absolute atomic E-state index is 0.762. The van der Waals surface area contributed by atoms with E-state index >= 15 is 0 Å². The van der Waals surface area contributed by atoms with Gasteiger partial charge in [0.2, 0.25) is 0 Å². The summed E-state index contributed by atoms with van der Waals surface area (Å²) in [7, 11) is 0. The van der Waals surface area contributed by atoms with Crippen molar-refractivity contribution in [2.75, 3.05) is 50.8 Å². The molecule has 0 N–H and O–H groups in total. The van der Waals surface area contributed by atoms with E-state index in [1.165, 1.54) is 31.7 Å². The van der Waals surface area contributed by atoms with Gasteiger partial charge in [-0.05, 0) is 24.5 Å². The van der Waals surface area contributed by atoms with Gasteiger partial charge >= 0.3 is 0 Å². The average Bonchev–Trinajstić information content (AvgIpc) is 2.94. The molecule has 0 aromatic carbocycles. The average molecular weight is 247 g/mol. The van der Waals surface area contributed by atoms with Crippen molar-refractivity contribution < 1.29 is 4.74 Å². The lowest BCUT2D eigenvalue weighted by atomic mass is 10.1. The molecule has 1 aromatic heterocycles. The first-order valence-electron chi connectivity index (χ1n) is 6.87. The van der Waals surface area contributed by atoms with E-state index in [1.807, 2.05) is 12.4 Å². The summed E-state index contributed by atoms with van der Waals surface area (Å²) in [5.41, 5.74) is 1.30. The van der Waals surface area contributed by atoms with E-state index in [9.17, 15) is 0 Å². The molecule has 0 bridgehead atoms. The Bertz CT molecular complexity index is 357. The Labute approximate surface area is 109 Å². The molecule has 18 heavy (non-hydrogen) atoms. The van der Waals surface area contributed by atoms with Crippen LogP contribution in [0, 0.1) is 5.92 Å². The van der Waals surface area contributed by atoms with E-state index in [-0.39, 0.29) is 0 Å². The zero-order chi connectivity index (χ0) is 12.2. The summed E-state index contributed by atoms with van der Waals surface area (Å²) >= 11 is 0. The van der Waals surface area contributed by atoms with Gasteiger partial charge in [-0.25, -0.2) is 0 Å². The van der Waals surface area contributed by atoms with Crippen molar-refractivity contribution in [2.45, 2.75) is 6.42 Å². The number of hydrogen-bond acceptors (Lipinski definition) is 4. The van der Waals surface area contributed by atoms with Gasteiger partial charge in [-0.3, -0.25) is 9.88 Å². The molecule has 2 aliphatic rings. The molecule has 2 fully saturated rings. The SMILES string of the molecule is c1cc(N2CCN(CC3CCOC3)CC2)ccn1. The normalized spacial score (nSPS) is 25.6. The van der Waals surface area contributed by atoms with Gasteiger partial charge in [-0.15, -0.1) is 0 Å². The maximum Gasteiger partial charge on any atom is 0.0507 e. The second kappa shape index (κ2) is 5.67. The highest BCUT2D eigenvalue weighted by atomic mass is 16.5. The number of hydrogen-bond donors (Lipinski definition) is 0. The molecule has 4 nitrogen and oxygen atoms in total. The molecule has 3 rings (SSSR count). The standard InChI is InChI=1S/C14H21N3O/c1-4-15-5-2-14(1)17-8-6-16(7-9-17)11-13-3-10-18-12-13/h1-2,4-5,13H,3,6-12H2. The van der Waals surface area contributed by atoms with Crippen molar-refractivity contribution in [3.8, 4) is 0 Å². The van der Waals surface area contributed by atoms with Crippen LogP contribution in [0.15, 0.2) is 24.5 Å². The van der Waals surface area contributed by atoms with Crippen molar-refractivity contribution in [1.82, 2.24) is 9.88 Å². The van der Waals surface area contributed by atoms with Crippen LogP contribution >= 0.6 is 0 Å². The number of pyridine rings is 1. The van der Waals surface area contributed by atoms with Crippen LogP contribution in [0.4, 0.5) is 5.69 Å². The van der Waals surface area contributed by atoms with Crippen molar-refractivity contribution in [3.05, 3.63) is 24.5 Å². The summed E-state index contributed by atoms with van der Waals surface area (Å²) < 4.78 is 5.45. The molecular formula is C14H21N3O. The third kappa shape index (κ3) is 2.82. The van der Waals surface area contributed by atoms with Crippen LogP contribution in [0.5, 0.6) is 0 Å². The summed E-state index contributed by atoms with van der Waals surface area (Å²) in [5.74, 6) is 0.762. The van der Waals surface area contributed by atoms with Crippen molar-refractivity contribution in [2.24, 2.45) is 5.92 Å². The number of nitrogens with zero attached hydrogens (tertiary/aromatic N) is 3. The van der Waals surface area contributed by atoms with Crippen LogP contribution < -0.4 is 4.90 Å². The van der Waals surface area contributed by atoms with Crippen LogP contribution in [0.25, 0.3) is 0 Å².